The summed E-state index contributed by atoms with van der Waals surface area (Å²) in [6, 6.07) is 0. The lowest BCUT2D eigenvalue weighted by Crippen LogP contribution is -2.16. The molecule has 0 saturated heterocycles. The maximum Gasteiger partial charge on any atom is 0.0434 e. The molecule has 2 heteroatoms. The molecule has 1 rings (SSSR count). The van der Waals surface area contributed by atoms with Gasteiger partial charge in [0.05, 0.1) is 0 Å². The number of hydrogen-bond donors (Lipinski definition) is 0. The third kappa shape index (κ3) is 3.36. The van der Waals surface area contributed by atoms with Crippen molar-refractivity contribution in [1.29, 1.82) is 0 Å². The molecule has 13 heavy (non-hydrogen) atoms. The fraction of sp³-hybridized carbons (Fsp3) is 0.455. The van der Waals surface area contributed by atoms with E-state index in [1.165, 1.54) is 5.57 Å². The first-order valence-electron chi connectivity index (χ1n) is 4.62. The fourth-order valence-electron chi connectivity index (χ4n) is 1.35. The van der Waals surface area contributed by atoms with Crippen LogP contribution < -0.4 is 0 Å². The molecular formula is C11H18N2. The minimum atomic E-state index is 0.935. The highest BCUT2D eigenvalue weighted by Gasteiger charge is 2.01. The Morgan fingerprint density at radius 1 is 1.69 bits per heavy atom. The second kappa shape index (κ2) is 4.75. The van der Waals surface area contributed by atoms with Crippen LogP contribution >= 0.6 is 0 Å². The molecular weight excluding hydrogens is 160 g/mol. The molecule has 0 aliphatic carbocycles. The van der Waals surface area contributed by atoms with E-state index in [4.69, 9.17) is 0 Å². The van der Waals surface area contributed by atoms with Crippen LogP contribution in [0.3, 0.4) is 0 Å². The molecule has 0 aromatic carbocycles. The van der Waals surface area contributed by atoms with Gasteiger partial charge in [-0.2, -0.15) is 0 Å². The Bertz CT molecular complexity index is 228. The summed E-state index contributed by atoms with van der Waals surface area (Å²) in [5.41, 5.74) is 1.34. The molecule has 0 saturated carbocycles. The van der Waals surface area contributed by atoms with E-state index in [1.54, 1.807) is 0 Å². The highest BCUT2D eigenvalue weighted by atomic mass is 15.1. The third-order valence-corrected chi connectivity index (χ3v) is 2.11. The predicted octanol–water partition coefficient (Wildman–Crippen LogP) is 1.84. The summed E-state index contributed by atoms with van der Waals surface area (Å²) in [6.07, 6.45) is 9.60. The summed E-state index contributed by atoms with van der Waals surface area (Å²) >= 11 is 0. The second-order valence-electron chi connectivity index (χ2n) is 3.47. The van der Waals surface area contributed by atoms with Crippen LogP contribution in [0.1, 0.15) is 6.42 Å². The molecule has 2 nitrogen and oxygen atoms in total. The molecule has 1 aliphatic rings. The van der Waals surface area contributed by atoms with Gasteiger partial charge in [-0.1, -0.05) is 18.7 Å². The largest absolute Gasteiger partial charge is 0.380 e. The van der Waals surface area contributed by atoms with Gasteiger partial charge in [-0.3, -0.25) is 0 Å². The highest BCUT2D eigenvalue weighted by molar-refractivity contribution is 5.21. The van der Waals surface area contributed by atoms with Crippen molar-refractivity contribution in [2.24, 2.45) is 0 Å². The normalized spacial score (nSPS) is 16.5. The van der Waals surface area contributed by atoms with E-state index in [9.17, 15) is 0 Å². The predicted molar refractivity (Wildman–Crippen MR) is 57.3 cm³/mol. The van der Waals surface area contributed by atoms with Gasteiger partial charge in [-0.05, 0) is 18.2 Å². The van der Waals surface area contributed by atoms with Crippen molar-refractivity contribution in [2.75, 3.05) is 27.2 Å². The van der Waals surface area contributed by atoms with Crippen LogP contribution in [0.25, 0.3) is 0 Å². The standard InChI is InChI=1S/C11H18N2/c1-4-12(2)9-11-7-5-6-8-13(3)10-11/h4-5,7,10H,1,6,8-9H2,2-3H3. The summed E-state index contributed by atoms with van der Waals surface area (Å²) < 4.78 is 0. The van der Waals surface area contributed by atoms with Gasteiger partial charge in [0.15, 0.2) is 0 Å². The third-order valence-electron chi connectivity index (χ3n) is 2.11. The molecule has 0 spiro atoms. The minimum Gasteiger partial charge on any atom is -0.380 e. The van der Waals surface area contributed by atoms with Gasteiger partial charge in [0.1, 0.15) is 0 Å². The smallest absolute Gasteiger partial charge is 0.0434 e. The Hall–Kier alpha value is -1.18. The Labute approximate surface area is 80.8 Å². The highest BCUT2D eigenvalue weighted by Crippen LogP contribution is 2.07. The van der Waals surface area contributed by atoms with Gasteiger partial charge in [-0.15, -0.1) is 0 Å². The molecule has 0 unspecified atom stereocenters. The Kier molecular flexibility index (Phi) is 3.62. The fourth-order valence-corrected chi connectivity index (χ4v) is 1.35. The average Bonchev–Trinajstić information content (AvgIpc) is 2.30. The molecule has 0 bridgehead atoms. The summed E-state index contributed by atoms with van der Waals surface area (Å²) in [6.45, 7) is 5.77. The first-order chi connectivity index (χ1) is 6.22. The topological polar surface area (TPSA) is 6.48 Å². The Morgan fingerprint density at radius 3 is 3.15 bits per heavy atom. The summed E-state index contributed by atoms with van der Waals surface area (Å²) in [5, 5.41) is 0. The molecule has 0 radical (unpaired) electrons. The van der Waals surface area contributed by atoms with Crippen molar-refractivity contribution in [3.05, 3.63) is 36.7 Å². The second-order valence-corrected chi connectivity index (χ2v) is 3.47. The van der Waals surface area contributed by atoms with Crippen molar-refractivity contribution < 1.29 is 0 Å². The van der Waals surface area contributed by atoms with Crippen LogP contribution in [0.4, 0.5) is 0 Å². The van der Waals surface area contributed by atoms with Crippen LogP contribution in [0, 0.1) is 0 Å². The molecule has 72 valence electrons. The maximum atomic E-state index is 3.73. The molecule has 1 aliphatic heterocycles. The van der Waals surface area contributed by atoms with E-state index >= 15 is 0 Å². The van der Waals surface area contributed by atoms with Gasteiger partial charge in [0.25, 0.3) is 0 Å². The zero-order valence-electron chi connectivity index (χ0n) is 8.53. The van der Waals surface area contributed by atoms with E-state index in [1.807, 2.05) is 13.2 Å². The van der Waals surface area contributed by atoms with Crippen LogP contribution in [-0.2, 0) is 0 Å². The Morgan fingerprint density at radius 2 is 2.46 bits per heavy atom. The van der Waals surface area contributed by atoms with Crippen molar-refractivity contribution in [3.63, 3.8) is 0 Å². The van der Waals surface area contributed by atoms with E-state index in [2.05, 4.69) is 41.8 Å². The van der Waals surface area contributed by atoms with Crippen LogP contribution in [0.2, 0.25) is 0 Å². The van der Waals surface area contributed by atoms with E-state index < -0.39 is 0 Å². The molecule has 0 N–H and O–H groups in total. The summed E-state index contributed by atoms with van der Waals surface area (Å²) in [7, 11) is 4.15. The summed E-state index contributed by atoms with van der Waals surface area (Å²) in [5.74, 6) is 0. The van der Waals surface area contributed by atoms with Crippen LogP contribution in [0.15, 0.2) is 36.7 Å². The molecule has 0 fully saturated rings. The van der Waals surface area contributed by atoms with Gasteiger partial charge in [0, 0.05) is 33.4 Å². The van der Waals surface area contributed by atoms with Gasteiger partial charge < -0.3 is 9.80 Å². The van der Waals surface area contributed by atoms with Crippen molar-refractivity contribution in [1.82, 2.24) is 9.80 Å². The molecule has 0 atom stereocenters. The molecule has 0 amide bonds. The zero-order valence-corrected chi connectivity index (χ0v) is 8.53. The van der Waals surface area contributed by atoms with Gasteiger partial charge in [-0.25, -0.2) is 0 Å². The van der Waals surface area contributed by atoms with E-state index in [0.29, 0.717) is 0 Å². The van der Waals surface area contributed by atoms with E-state index in [-0.39, 0.29) is 0 Å². The lowest BCUT2D eigenvalue weighted by Gasteiger charge is -2.16. The number of nitrogens with zero attached hydrogens (tertiary/aromatic N) is 2. The van der Waals surface area contributed by atoms with Crippen LogP contribution in [0.5, 0.6) is 0 Å². The maximum absolute atomic E-state index is 3.73. The lowest BCUT2D eigenvalue weighted by atomic mass is 10.2. The lowest BCUT2D eigenvalue weighted by molar-refractivity contribution is 0.454. The van der Waals surface area contributed by atoms with Gasteiger partial charge in [0.2, 0.25) is 0 Å². The van der Waals surface area contributed by atoms with Crippen molar-refractivity contribution in [3.8, 4) is 0 Å². The van der Waals surface area contributed by atoms with Gasteiger partial charge >= 0.3 is 0 Å². The zero-order chi connectivity index (χ0) is 9.68. The molecule has 0 aromatic heterocycles. The first kappa shape index (κ1) is 9.90. The first-order valence-corrected chi connectivity index (χ1v) is 4.62. The van der Waals surface area contributed by atoms with Crippen LogP contribution in [-0.4, -0.2) is 37.0 Å². The summed E-state index contributed by atoms with van der Waals surface area (Å²) in [4.78, 5) is 4.31. The van der Waals surface area contributed by atoms with Crippen molar-refractivity contribution >= 4 is 0 Å². The SMILES string of the molecule is C=CN(C)CC1=CN(C)CCC=C1. The average molecular weight is 178 g/mol. The number of hydrogen-bond acceptors (Lipinski definition) is 2. The van der Waals surface area contributed by atoms with E-state index in [0.717, 1.165) is 19.5 Å². The number of rotatable bonds is 3. The molecule has 1 heterocycles. The monoisotopic (exact) mass is 178 g/mol. The Balaban J connectivity index is 2.59. The van der Waals surface area contributed by atoms with Crippen molar-refractivity contribution in [2.45, 2.75) is 6.42 Å². The number of likely N-dealkylation sites (N-methyl/N-ethyl adjacent to an activating group) is 1. The molecule has 0 aromatic rings. The quantitative estimate of drug-likeness (QED) is 0.650. The minimum absolute atomic E-state index is 0.935.